The molecule has 0 bridgehead atoms. The first-order valence-corrected chi connectivity index (χ1v) is 13.0. The molecule has 1 atom stereocenters. The van der Waals surface area contributed by atoms with Crippen LogP contribution in [0.3, 0.4) is 0 Å². The largest absolute Gasteiger partial charge is 0.380 e. The summed E-state index contributed by atoms with van der Waals surface area (Å²) >= 11 is 1.36. The Morgan fingerprint density at radius 3 is 2.69 bits per heavy atom. The third-order valence-electron chi connectivity index (χ3n) is 5.74. The van der Waals surface area contributed by atoms with Gasteiger partial charge in [0.25, 0.3) is 5.91 Å². The van der Waals surface area contributed by atoms with E-state index >= 15 is 0 Å². The molecule has 1 aliphatic heterocycles. The topological polar surface area (TPSA) is 117 Å². The number of hydrogen-bond donors (Lipinski definition) is 1. The predicted molar refractivity (Wildman–Crippen MR) is 135 cm³/mol. The van der Waals surface area contributed by atoms with Crippen LogP contribution in [0.25, 0.3) is 0 Å². The van der Waals surface area contributed by atoms with Gasteiger partial charge in [0.05, 0.1) is 31.5 Å². The smallest absolute Gasteiger partial charge is 0.273 e. The molecular formula is C24H35N7O3S. The molecule has 0 saturated carbocycles. The Kier molecular flexibility index (Phi) is 10.8. The van der Waals surface area contributed by atoms with Crippen molar-refractivity contribution < 1.29 is 14.3 Å². The molecule has 3 heterocycles. The molecule has 1 fully saturated rings. The summed E-state index contributed by atoms with van der Waals surface area (Å²) in [6.45, 7) is 11.1. The van der Waals surface area contributed by atoms with Crippen LogP contribution in [-0.2, 0) is 9.47 Å². The number of amides is 1. The summed E-state index contributed by atoms with van der Waals surface area (Å²) < 4.78 is 10.9. The number of nitrogens with one attached hydrogen (secondary N) is 1. The lowest BCUT2D eigenvalue weighted by molar-refractivity contribution is 0.0546. The molecule has 11 heteroatoms. The summed E-state index contributed by atoms with van der Waals surface area (Å²) in [6.07, 6.45) is 2.08. The van der Waals surface area contributed by atoms with E-state index in [0.717, 1.165) is 31.6 Å². The van der Waals surface area contributed by atoms with Crippen LogP contribution in [-0.4, -0.2) is 89.8 Å². The third-order valence-corrected chi connectivity index (χ3v) is 6.50. The minimum atomic E-state index is -0.145. The Hall–Kier alpha value is -2.65. The maximum Gasteiger partial charge on any atom is 0.273 e. The second-order valence-electron chi connectivity index (χ2n) is 8.31. The van der Waals surface area contributed by atoms with E-state index in [4.69, 9.17) is 14.7 Å². The van der Waals surface area contributed by atoms with Gasteiger partial charge in [-0.1, -0.05) is 0 Å². The summed E-state index contributed by atoms with van der Waals surface area (Å²) in [5.74, 6) is 1.45. The van der Waals surface area contributed by atoms with Crippen molar-refractivity contribution in [3.8, 4) is 6.07 Å². The van der Waals surface area contributed by atoms with Gasteiger partial charge < -0.3 is 19.7 Å². The van der Waals surface area contributed by atoms with Gasteiger partial charge in [0, 0.05) is 50.2 Å². The number of nitriles is 1. The minimum Gasteiger partial charge on any atom is -0.380 e. The van der Waals surface area contributed by atoms with Crippen molar-refractivity contribution in [1.29, 1.82) is 5.26 Å². The molecule has 190 valence electrons. The van der Waals surface area contributed by atoms with E-state index in [1.807, 2.05) is 26.8 Å². The summed E-state index contributed by atoms with van der Waals surface area (Å²) in [5.41, 5.74) is 1.35. The van der Waals surface area contributed by atoms with Crippen LogP contribution in [0.4, 0.5) is 10.9 Å². The number of ether oxygens (including phenoxy) is 2. The molecule has 0 spiro atoms. The molecule has 1 N–H and O–H groups in total. The molecule has 3 rings (SSSR count). The Balaban J connectivity index is 1.68. The molecule has 0 aromatic carbocycles. The highest BCUT2D eigenvalue weighted by molar-refractivity contribution is 7.14. The van der Waals surface area contributed by atoms with E-state index in [1.54, 1.807) is 10.3 Å². The lowest BCUT2D eigenvalue weighted by atomic mass is 9.94. The highest BCUT2D eigenvalue weighted by atomic mass is 32.1. The van der Waals surface area contributed by atoms with Gasteiger partial charge >= 0.3 is 0 Å². The van der Waals surface area contributed by atoms with Gasteiger partial charge in [-0.3, -0.25) is 9.69 Å². The SMILES string of the molecule is CCOCCN(CCOCC)C(=O)c1csc(Nc2cc([C@H]3CCCN(CC#N)C3)nc(C)n2)n1. The van der Waals surface area contributed by atoms with Crippen molar-refractivity contribution in [2.75, 3.05) is 64.5 Å². The summed E-state index contributed by atoms with van der Waals surface area (Å²) in [6, 6.07) is 4.19. The first-order valence-electron chi connectivity index (χ1n) is 12.2. The fourth-order valence-corrected chi connectivity index (χ4v) is 4.75. The van der Waals surface area contributed by atoms with Crippen LogP contribution in [0.15, 0.2) is 11.4 Å². The van der Waals surface area contributed by atoms with Crippen molar-refractivity contribution in [1.82, 2.24) is 24.8 Å². The number of anilines is 2. The number of carbonyl (C=O) groups excluding carboxylic acids is 1. The average molecular weight is 502 g/mol. The summed E-state index contributed by atoms with van der Waals surface area (Å²) in [7, 11) is 0. The normalized spacial score (nSPS) is 16.1. The average Bonchev–Trinajstić information content (AvgIpc) is 3.31. The monoisotopic (exact) mass is 501 g/mol. The number of thiazole rings is 1. The van der Waals surface area contributed by atoms with Gasteiger partial charge in [-0.2, -0.15) is 5.26 Å². The molecule has 2 aromatic heterocycles. The number of rotatable bonds is 13. The summed E-state index contributed by atoms with van der Waals surface area (Å²) in [4.78, 5) is 30.7. The first-order chi connectivity index (χ1) is 17.0. The third kappa shape index (κ3) is 8.21. The Morgan fingerprint density at radius 2 is 2.00 bits per heavy atom. The molecule has 0 aliphatic carbocycles. The number of hydrogen-bond acceptors (Lipinski definition) is 10. The summed E-state index contributed by atoms with van der Waals surface area (Å²) in [5, 5.41) is 14.6. The van der Waals surface area contributed by atoms with Crippen molar-refractivity contribution >= 4 is 28.2 Å². The molecule has 1 amide bonds. The maximum absolute atomic E-state index is 13.1. The second kappa shape index (κ2) is 14.0. The van der Waals surface area contributed by atoms with E-state index in [9.17, 15) is 4.79 Å². The Labute approximate surface area is 211 Å². The number of likely N-dealkylation sites (tertiary alicyclic amines) is 1. The van der Waals surface area contributed by atoms with Gasteiger partial charge in [0.2, 0.25) is 0 Å². The van der Waals surface area contributed by atoms with E-state index in [-0.39, 0.29) is 11.8 Å². The fourth-order valence-electron chi connectivity index (χ4n) is 4.06. The lowest BCUT2D eigenvalue weighted by Crippen LogP contribution is -2.37. The molecule has 10 nitrogen and oxygen atoms in total. The quantitative estimate of drug-likeness (QED) is 0.326. The van der Waals surface area contributed by atoms with Gasteiger partial charge in [-0.05, 0) is 40.2 Å². The van der Waals surface area contributed by atoms with Crippen molar-refractivity contribution in [3.05, 3.63) is 28.7 Å². The zero-order valence-electron chi connectivity index (χ0n) is 20.8. The molecule has 0 radical (unpaired) electrons. The molecule has 35 heavy (non-hydrogen) atoms. The highest BCUT2D eigenvalue weighted by Gasteiger charge is 2.23. The van der Waals surface area contributed by atoms with E-state index in [2.05, 4.69) is 31.2 Å². The van der Waals surface area contributed by atoms with Crippen molar-refractivity contribution in [2.24, 2.45) is 0 Å². The number of piperidine rings is 1. The number of aromatic nitrogens is 3. The zero-order valence-corrected chi connectivity index (χ0v) is 21.6. The van der Waals surface area contributed by atoms with Gasteiger partial charge in [-0.15, -0.1) is 11.3 Å². The number of nitrogens with zero attached hydrogens (tertiary/aromatic N) is 6. The Bertz CT molecular complexity index is 984. The van der Waals surface area contributed by atoms with Gasteiger partial charge in [0.1, 0.15) is 17.3 Å². The van der Waals surface area contributed by atoms with Gasteiger partial charge in [0.15, 0.2) is 5.13 Å². The standard InChI is InChI=1S/C24H35N7O3S/c1-4-33-13-11-31(12-14-34-5-2)23(32)21-17-35-24(28-21)29-22-15-20(26-18(3)27-22)19-7-6-9-30(16-19)10-8-25/h15,17,19H,4-7,9-14,16H2,1-3H3,(H,26,27,28,29)/t19-/m0/s1. The number of carbonyl (C=O) groups is 1. The molecule has 1 aliphatic rings. The fraction of sp³-hybridized carbons (Fsp3) is 0.625. The minimum absolute atomic E-state index is 0.145. The van der Waals surface area contributed by atoms with Crippen LogP contribution in [0.5, 0.6) is 0 Å². The Morgan fingerprint density at radius 1 is 1.26 bits per heavy atom. The van der Waals surface area contributed by atoms with Crippen molar-refractivity contribution in [2.45, 2.75) is 39.5 Å². The highest BCUT2D eigenvalue weighted by Crippen LogP contribution is 2.28. The first kappa shape index (κ1) is 26.9. The van der Waals surface area contributed by atoms with Gasteiger partial charge in [-0.25, -0.2) is 15.0 Å². The second-order valence-corrected chi connectivity index (χ2v) is 9.16. The van der Waals surface area contributed by atoms with Crippen molar-refractivity contribution in [3.63, 3.8) is 0 Å². The van der Waals surface area contributed by atoms with Crippen LogP contribution >= 0.6 is 11.3 Å². The maximum atomic E-state index is 13.1. The molecule has 2 aromatic rings. The van der Waals surface area contributed by atoms with E-state index in [0.29, 0.717) is 68.5 Å². The van der Waals surface area contributed by atoms with Crippen LogP contribution < -0.4 is 5.32 Å². The molecule has 0 unspecified atom stereocenters. The van der Waals surface area contributed by atoms with Crippen LogP contribution in [0.1, 0.15) is 54.6 Å². The molecule has 1 saturated heterocycles. The predicted octanol–water partition coefficient (Wildman–Crippen LogP) is 3.20. The number of aryl methyl sites for hydroxylation is 1. The van der Waals surface area contributed by atoms with Crippen LogP contribution in [0.2, 0.25) is 0 Å². The van der Waals surface area contributed by atoms with E-state index in [1.165, 1.54) is 11.3 Å². The lowest BCUT2D eigenvalue weighted by Gasteiger charge is -2.30. The zero-order chi connectivity index (χ0) is 25.0. The van der Waals surface area contributed by atoms with E-state index < -0.39 is 0 Å². The van der Waals surface area contributed by atoms with Crippen LogP contribution in [0, 0.1) is 18.3 Å². The molecular weight excluding hydrogens is 466 g/mol.